The molecule has 0 bridgehead atoms. The maximum atomic E-state index is 11.6. The van der Waals surface area contributed by atoms with Gasteiger partial charge in [0.2, 0.25) is 0 Å². The van der Waals surface area contributed by atoms with Gasteiger partial charge in [0, 0.05) is 0 Å². The minimum atomic E-state index is -3.92. The standard InChI is InChI=1S/C23H48O3S/c1-4-6-8-10-12-14-16-18-20-23(22(3)27(24,25)26)21-19-17-15-13-11-9-7-5-2/h22-23H,4-21H2,1-3H3,(H,24,25,26). The lowest BCUT2D eigenvalue weighted by Gasteiger charge is -2.22. The van der Waals surface area contributed by atoms with Crippen LogP contribution >= 0.6 is 0 Å². The summed E-state index contributed by atoms with van der Waals surface area (Å²) in [6, 6.07) is 0. The van der Waals surface area contributed by atoms with Crippen molar-refractivity contribution in [3.63, 3.8) is 0 Å². The minimum Gasteiger partial charge on any atom is -0.285 e. The van der Waals surface area contributed by atoms with E-state index in [1.807, 2.05) is 0 Å². The molecule has 0 aliphatic carbocycles. The van der Waals surface area contributed by atoms with Gasteiger partial charge in [-0.3, -0.25) is 4.55 Å². The van der Waals surface area contributed by atoms with E-state index < -0.39 is 15.4 Å². The highest BCUT2D eigenvalue weighted by atomic mass is 32.2. The van der Waals surface area contributed by atoms with Crippen molar-refractivity contribution in [2.24, 2.45) is 5.92 Å². The second-order valence-electron chi connectivity index (χ2n) is 8.51. The van der Waals surface area contributed by atoms with E-state index in [1.54, 1.807) is 6.92 Å². The Morgan fingerprint density at radius 3 is 1.19 bits per heavy atom. The van der Waals surface area contributed by atoms with Crippen molar-refractivity contribution in [3.05, 3.63) is 0 Å². The van der Waals surface area contributed by atoms with E-state index in [1.165, 1.54) is 89.9 Å². The van der Waals surface area contributed by atoms with Gasteiger partial charge in [-0.2, -0.15) is 8.42 Å². The summed E-state index contributed by atoms with van der Waals surface area (Å²) in [4.78, 5) is 0. The van der Waals surface area contributed by atoms with E-state index in [0.29, 0.717) is 0 Å². The molecule has 0 saturated carbocycles. The molecule has 1 N–H and O–H groups in total. The third kappa shape index (κ3) is 16.6. The third-order valence-electron chi connectivity index (χ3n) is 5.99. The van der Waals surface area contributed by atoms with Crippen LogP contribution in [0.25, 0.3) is 0 Å². The van der Waals surface area contributed by atoms with E-state index in [0.717, 1.165) is 25.7 Å². The van der Waals surface area contributed by atoms with Gasteiger partial charge in [0.1, 0.15) is 0 Å². The van der Waals surface area contributed by atoms with Gasteiger partial charge in [-0.1, -0.05) is 117 Å². The van der Waals surface area contributed by atoms with Gasteiger partial charge in [-0.25, -0.2) is 0 Å². The van der Waals surface area contributed by atoms with E-state index in [4.69, 9.17) is 0 Å². The van der Waals surface area contributed by atoms with E-state index in [2.05, 4.69) is 13.8 Å². The van der Waals surface area contributed by atoms with Crippen LogP contribution in [0, 0.1) is 5.92 Å². The maximum Gasteiger partial charge on any atom is 0.267 e. The molecular weight excluding hydrogens is 356 g/mol. The Balaban J connectivity index is 3.99. The van der Waals surface area contributed by atoms with Crippen LogP contribution in [0.4, 0.5) is 0 Å². The lowest BCUT2D eigenvalue weighted by atomic mass is 9.91. The molecule has 0 fully saturated rings. The van der Waals surface area contributed by atoms with Crippen molar-refractivity contribution in [3.8, 4) is 0 Å². The summed E-state index contributed by atoms with van der Waals surface area (Å²) in [6.45, 7) is 6.17. The summed E-state index contributed by atoms with van der Waals surface area (Å²) in [6.07, 6.45) is 22.2. The zero-order valence-corrected chi connectivity index (χ0v) is 19.4. The molecule has 27 heavy (non-hydrogen) atoms. The molecule has 0 radical (unpaired) electrons. The first-order chi connectivity index (χ1) is 12.9. The fraction of sp³-hybridized carbons (Fsp3) is 1.00. The van der Waals surface area contributed by atoms with Gasteiger partial charge in [-0.05, 0) is 25.7 Å². The van der Waals surface area contributed by atoms with E-state index in [9.17, 15) is 13.0 Å². The van der Waals surface area contributed by atoms with E-state index >= 15 is 0 Å². The van der Waals surface area contributed by atoms with Crippen LogP contribution in [-0.4, -0.2) is 18.2 Å². The van der Waals surface area contributed by atoms with Crippen LogP contribution in [0.2, 0.25) is 0 Å². The Morgan fingerprint density at radius 2 is 0.889 bits per heavy atom. The third-order valence-corrected chi connectivity index (χ3v) is 7.32. The second kappa shape index (κ2) is 18.0. The Hall–Kier alpha value is -0.0900. The average molecular weight is 405 g/mol. The Labute approximate surface area is 170 Å². The number of rotatable bonds is 20. The van der Waals surface area contributed by atoms with Crippen LogP contribution in [0.1, 0.15) is 136 Å². The molecule has 0 aliphatic rings. The highest BCUT2D eigenvalue weighted by molar-refractivity contribution is 7.86. The SMILES string of the molecule is CCCCCCCCCCC(CCCCCCCCCC)C(C)S(=O)(=O)O. The zero-order valence-electron chi connectivity index (χ0n) is 18.6. The van der Waals surface area contributed by atoms with Crippen molar-refractivity contribution in [1.29, 1.82) is 0 Å². The average Bonchev–Trinajstić information content (AvgIpc) is 2.63. The molecule has 164 valence electrons. The predicted molar refractivity (Wildman–Crippen MR) is 119 cm³/mol. The quantitative estimate of drug-likeness (QED) is 0.165. The van der Waals surface area contributed by atoms with Crippen LogP contribution in [0.3, 0.4) is 0 Å². The fourth-order valence-electron chi connectivity index (χ4n) is 3.94. The van der Waals surface area contributed by atoms with Gasteiger partial charge in [0.05, 0.1) is 5.25 Å². The van der Waals surface area contributed by atoms with Crippen molar-refractivity contribution in [1.82, 2.24) is 0 Å². The molecule has 3 nitrogen and oxygen atoms in total. The van der Waals surface area contributed by atoms with Gasteiger partial charge in [-0.15, -0.1) is 0 Å². The summed E-state index contributed by atoms with van der Waals surface area (Å²) in [5.74, 6) is 0.111. The van der Waals surface area contributed by atoms with Crippen LogP contribution in [-0.2, 0) is 10.1 Å². The highest BCUT2D eigenvalue weighted by Crippen LogP contribution is 2.25. The molecule has 0 amide bonds. The Kier molecular flexibility index (Phi) is 17.9. The van der Waals surface area contributed by atoms with Crippen LogP contribution < -0.4 is 0 Å². The molecule has 0 aliphatic heterocycles. The molecule has 0 spiro atoms. The molecule has 4 heteroatoms. The van der Waals surface area contributed by atoms with Crippen molar-refractivity contribution in [2.45, 2.75) is 142 Å². The van der Waals surface area contributed by atoms with Gasteiger partial charge in [0.25, 0.3) is 10.1 Å². The minimum absolute atomic E-state index is 0.111. The summed E-state index contributed by atoms with van der Waals surface area (Å²) >= 11 is 0. The summed E-state index contributed by atoms with van der Waals surface area (Å²) in [7, 11) is -3.92. The number of unbranched alkanes of at least 4 members (excludes halogenated alkanes) is 14. The highest BCUT2D eigenvalue weighted by Gasteiger charge is 2.26. The smallest absolute Gasteiger partial charge is 0.267 e. The van der Waals surface area contributed by atoms with Gasteiger partial charge < -0.3 is 0 Å². The summed E-state index contributed by atoms with van der Waals surface area (Å²) in [5, 5.41) is -0.619. The molecule has 0 rings (SSSR count). The zero-order chi connectivity index (χ0) is 20.4. The van der Waals surface area contributed by atoms with Crippen LogP contribution in [0.5, 0.6) is 0 Å². The monoisotopic (exact) mass is 404 g/mol. The van der Waals surface area contributed by atoms with Crippen LogP contribution in [0.15, 0.2) is 0 Å². The Bertz CT molecular complexity index is 386. The lowest BCUT2D eigenvalue weighted by Crippen LogP contribution is -2.26. The van der Waals surface area contributed by atoms with Gasteiger partial charge >= 0.3 is 0 Å². The molecule has 1 atom stereocenters. The Morgan fingerprint density at radius 1 is 0.593 bits per heavy atom. The fourth-order valence-corrected chi connectivity index (χ4v) is 4.70. The summed E-state index contributed by atoms with van der Waals surface area (Å²) < 4.78 is 32.7. The first-order valence-electron chi connectivity index (χ1n) is 11.9. The van der Waals surface area contributed by atoms with Gasteiger partial charge in [0.15, 0.2) is 0 Å². The van der Waals surface area contributed by atoms with Crippen molar-refractivity contribution >= 4 is 10.1 Å². The lowest BCUT2D eigenvalue weighted by molar-refractivity contribution is 0.369. The van der Waals surface area contributed by atoms with E-state index in [-0.39, 0.29) is 5.92 Å². The first kappa shape index (κ1) is 26.9. The largest absolute Gasteiger partial charge is 0.285 e. The molecule has 0 heterocycles. The molecule has 0 aromatic heterocycles. The molecule has 0 aromatic carbocycles. The normalized spacial score (nSPS) is 13.4. The number of hydrogen-bond acceptors (Lipinski definition) is 2. The van der Waals surface area contributed by atoms with Crippen molar-refractivity contribution < 1.29 is 13.0 Å². The predicted octanol–water partition coefficient (Wildman–Crippen LogP) is 7.94. The maximum absolute atomic E-state index is 11.6. The molecule has 0 saturated heterocycles. The molecule has 1 unspecified atom stereocenters. The van der Waals surface area contributed by atoms with Crippen molar-refractivity contribution in [2.75, 3.05) is 0 Å². The molecular formula is C23H48O3S. The number of hydrogen-bond donors (Lipinski definition) is 1. The summed E-state index contributed by atoms with van der Waals surface area (Å²) in [5.41, 5.74) is 0. The topological polar surface area (TPSA) is 54.4 Å². The first-order valence-corrected chi connectivity index (χ1v) is 13.4. The molecule has 0 aromatic rings. The second-order valence-corrected chi connectivity index (χ2v) is 10.3.